The van der Waals surface area contributed by atoms with Gasteiger partial charge in [-0.25, -0.2) is 12.8 Å². The summed E-state index contributed by atoms with van der Waals surface area (Å²) in [5.74, 6) is -0.426. The van der Waals surface area contributed by atoms with Gasteiger partial charge in [0, 0.05) is 6.42 Å². The first-order valence-corrected chi connectivity index (χ1v) is 10.5. The van der Waals surface area contributed by atoms with Gasteiger partial charge in [0.05, 0.1) is 37.1 Å². The largest absolute Gasteiger partial charge is 0.331 e. The Kier molecular flexibility index (Phi) is 6.06. The highest BCUT2D eigenvalue weighted by molar-refractivity contribution is 7.89. The molecule has 1 N–H and O–H groups in total. The number of sulfonamides is 1. The summed E-state index contributed by atoms with van der Waals surface area (Å²) in [6, 6.07) is 16.0. The van der Waals surface area contributed by atoms with Crippen LogP contribution in [-0.2, 0) is 16.4 Å². The Labute approximate surface area is 155 Å². The molecule has 3 rings (SSSR count). The first-order chi connectivity index (χ1) is 12.5. The number of rotatable bonds is 6. The van der Waals surface area contributed by atoms with E-state index in [1.54, 1.807) is 0 Å². The molecule has 2 aromatic carbocycles. The minimum absolute atomic E-state index is 0.166. The summed E-state index contributed by atoms with van der Waals surface area (Å²) in [5.41, 5.74) is 1.34. The van der Waals surface area contributed by atoms with Gasteiger partial charge in [0.15, 0.2) is 0 Å². The van der Waals surface area contributed by atoms with Gasteiger partial charge in [0.25, 0.3) is 0 Å². The third kappa shape index (κ3) is 4.50. The van der Waals surface area contributed by atoms with Crippen molar-refractivity contribution in [3.63, 3.8) is 0 Å². The second kappa shape index (κ2) is 8.29. The highest BCUT2D eigenvalue weighted by Crippen LogP contribution is 2.16. The van der Waals surface area contributed by atoms with Crippen molar-refractivity contribution >= 4 is 10.0 Å². The normalized spacial score (nSPS) is 17.9. The maximum absolute atomic E-state index is 13.0. The van der Waals surface area contributed by atoms with Crippen molar-refractivity contribution in [3.8, 4) is 0 Å². The molecule has 1 saturated heterocycles. The molecule has 6 heteroatoms. The Hall–Kier alpha value is -1.76. The van der Waals surface area contributed by atoms with E-state index < -0.39 is 15.8 Å². The van der Waals surface area contributed by atoms with E-state index in [-0.39, 0.29) is 4.90 Å². The second-order valence-electron chi connectivity index (χ2n) is 6.94. The molecule has 0 bridgehead atoms. The van der Waals surface area contributed by atoms with Crippen molar-refractivity contribution in [1.82, 2.24) is 4.31 Å². The van der Waals surface area contributed by atoms with E-state index in [1.165, 1.54) is 39.0 Å². The summed E-state index contributed by atoms with van der Waals surface area (Å²) in [4.78, 5) is 1.62. The van der Waals surface area contributed by atoms with Gasteiger partial charge in [-0.15, -0.1) is 0 Å². The molecule has 0 saturated carbocycles. The molecular weight excluding hydrogens is 351 g/mol. The minimum Gasteiger partial charge on any atom is -0.331 e. The van der Waals surface area contributed by atoms with Gasteiger partial charge in [-0.05, 0) is 43.2 Å². The van der Waals surface area contributed by atoms with Crippen LogP contribution < -0.4 is 4.90 Å². The molecular formula is C20H26FN2O2S+. The fourth-order valence-electron chi connectivity index (χ4n) is 3.49. The predicted molar refractivity (Wildman–Crippen MR) is 100 cm³/mol. The maximum atomic E-state index is 13.0. The summed E-state index contributed by atoms with van der Waals surface area (Å²) in [6.45, 7) is 4.85. The summed E-state index contributed by atoms with van der Waals surface area (Å²) in [6.07, 6.45) is 2.13. The zero-order valence-electron chi connectivity index (χ0n) is 15.1. The van der Waals surface area contributed by atoms with Crippen molar-refractivity contribution in [2.45, 2.75) is 30.7 Å². The molecule has 0 radical (unpaired) electrons. The fourth-order valence-corrected chi connectivity index (χ4v) is 4.94. The van der Waals surface area contributed by atoms with Crippen LogP contribution in [0.3, 0.4) is 0 Å². The number of hydrogen-bond acceptors (Lipinski definition) is 2. The van der Waals surface area contributed by atoms with E-state index >= 15 is 0 Å². The molecule has 2 aromatic rings. The van der Waals surface area contributed by atoms with Crippen LogP contribution in [0.4, 0.5) is 4.39 Å². The Bertz CT molecular complexity index is 801. The van der Waals surface area contributed by atoms with Crippen LogP contribution in [0.1, 0.15) is 18.9 Å². The van der Waals surface area contributed by atoms with E-state index in [1.807, 2.05) is 6.07 Å². The molecule has 0 unspecified atom stereocenters. The SMILES string of the molecule is C[C@@H](CCc1ccccc1)[NH+]1CCN(S(=O)(=O)c2ccc(F)cc2)CC1. The molecule has 1 aliphatic rings. The lowest BCUT2D eigenvalue weighted by atomic mass is 10.0. The zero-order chi connectivity index (χ0) is 18.6. The first-order valence-electron chi connectivity index (χ1n) is 9.11. The van der Waals surface area contributed by atoms with Crippen LogP contribution >= 0.6 is 0 Å². The van der Waals surface area contributed by atoms with Crippen LogP contribution in [0.25, 0.3) is 0 Å². The van der Waals surface area contributed by atoms with Gasteiger partial charge in [-0.2, -0.15) is 4.31 Å². The molecule has 0 aliphatic carbocycles. The Morgan fingerprint density at radius 1 is 1.04 bits per heavy atom. The average Bonchev–Trinajstić information content (AvgIpc) is 2.67. The number of quaternary nitrogens is 1. The molecule has 1 atom stereocenters. The average molecular weight is 378 g/mol. The molecule has 0 amide bonds. The molecule has 0 spiro atoms. The van der Waals surface area contributed by atoms with Gasteiger partial charge < -0.3 is 4.90 Å². The number of benzene rings is 2. The van der Waals surface area contributed by atoms with Gasteiger partial charge in [-0.3, -0.25) is 0 Å². The lowest BCUT2D eigenvalue weighted by Gasteiger charge is -2.34. The number of nitrogens with zero attached hydrogens (tertiary/aromatic N) is 1. The van der Waals surface area contributed by atoms with E-state index in [9.17, 15) is 12.8 Å². The molecule has 1 heterocycles. The third-order valence-corrected chi connectivity index (χ3v) is 7.13. The highest BCUT2D eigenvalue weighted by atomic mass is 32.2. The molecule has 4 nitrogen and oxygen atoms in total. The Morgan fingerprint density at radius 2 is 1.65 bits per heavy atom. The highest BCUT2D eigenvalue weighted by Gasteiger charge is 2.32. The van der Waals surface area contributed by atoms with Crippen molar-refractivity contribution in [2.75, 3.05) is 26.2 Å². The summed E-state index contributed by atoms with van der Waals surface area (Å²) in [7, 11) is -3.53. The summed E-state index contributed by atoms with van der Waals surface area (Å²) >= 11 is 0. The minimum atomic E-state index is -3.53. The number of halogens is 1. The van der Waals surface area contributed by atoms with Crippen molar-refractivity contribution in [2.24, 2.45) is 0 Å². The third-order valence-electron chi connectivity index (χ3n) is 5.22. The smallest absolute Gasteiger partial charge is 0.243 e. The fraction of sp³-hybridized carbons (Fsp3) is 0.400. The molecule has 140 valence electrons. The zero-order valence-corrected chi connectivity index (χ0v) is 15.9. The molecule has 0 aromatic heterocycles. The van der Waals surface area contributed by atoms with Crippen LogP contribution in [0.15, 0.2) is 59.5 Å². The van der Waals surface area contributed by atoms with Crippen LogP contribution in [0.2, 0.25) is 0 Å². The lowest BCUT2D eigenvalue weighted by molar-refractivity contribution is -0.927. The van der Waals surface area contributed by atoms with Crippen LogP contribution in [0.5, 0.6) is 0 Å². The van der Waals surface area contributed by atoms with Crippen molar-refractivity contribution < 1.29 is 17.7 Å². The quantitative estimate of drug-likeness (QED) is 0.833. The van der Waals surface area contributed by atoms with Gasteiger partial charge in [-0.1, -0.05) is 30.3 Å². The van der Waals surface area contributed by atoms with Gasteiger partial charge in [0.2, 0.25) is 10.0 Å². The maximum Gasteiger partial charge on any atom is 0.243 e. The molecule has 26 heavy (non-hydrogen) atoms. The topological polar surface area (TPSA) is 41.8 Å². The molecule has 1 aliphatic heterocycles. The van der Waals surface area contributed by atoms with E-state index in [2.05, 4.69) is 31.2 Å². The second-order valence-corrected chi connectivity index (χ2v) is 8.88. The van der Waals surface area contributed by atoms with E-state index in [0.29, 0.717) is 19.1 Å². The van der Waals surface area contributed by atoms with Crippen LogP contribution in [0, 0.1) is 5.82 Å². The van der Waals surface area contributed by atoms with Gasteiger partial charge in [0.1, 0.15) is 5.82 Å². The Morgan fingerprint density at radius 3 is 2.27 bits per heavy atom. The van der Waals surface area contributed by atoms with E-state index in [0.717, 1.165) is 25.9 Å². The van der Waals surface area contributed by atoms with E-state index in [4.69, 9.17) is 0 Å². The Balaban J connectivity index is 1.54. The lowest BCUT2D eigenvalue weighted by Crippen LogP contribution is -3.18. The monoisotopic (exact) mass is 377 g/mol. The molecule has 1 fully saturated rings. The number of hydrogen-bond donors (Lipinski definition) is 1. The summed E-state index contributed by atoms with van der Waals surface area (Å²) < 4.78 is 39.9. The summed E-state index contributed by atoms with van der Waals surface area (Å²) in [5, 5.41) is 0. The van der Waals surface area contributed by atoms with Crippen molar-refractivity contribution in [1.29, 1.82) is 0 Å². The van der Waals surface area contributed by atoms with Crippen LogP contribution in [-0.4, -0.2) is 44.9 Å². The standard InChI is InChI=1S/C20H25FN2O2S/c1-17(7-8-18-5-3-2-4-6-18)22-13-15-23(16-14-22)26(24,25)20-11-9-19(21)10-12-20/h2-6,9-12,17H,7-8,13-16H2,1H3/p+1/t17-/m0/s1. The predicted octanol–water partition coefficient (Wildman–Crippen LogP) is 1.74. The first kappa shape index (κ1) is 19.0. The van der Waals surface area contributed by atoms with Crippen molar-refractivity contribution in [3.05, 3.63) is 66.0 Å². The number of aryl methyl sites for hydroxylation is 1. The number of nitrogens with one attached hydrogen (secondary N) is 1. The number of piperazine rings is 1. The van der Waals surface area contributed by atoms with Gasteiger partial charge >= 0.3 is 0 Å².